The van der Waals surface area contributed by atoms with Gasteiger partial charge in [-0.15, -0.1) is 0 Å². The van der Waals surface area contributed by atoms with Crippen LogP contribution in [0.4, 0.5) is 0 Å². The second kappa shape index (κ2) is 3.81. The summed E-state index contributed by atoms with van der Waals surface area (Å²) >= 11 is 2.22. The fraction of sp³-hybridized carbons (Fsp3) is 1.00. The van der Waals surface area contributed by atoms with Crippen LogP contribution in [-0.4, -0.2) is 24.1 Å². The van der Waals surface area contributed by atoms with Crippen molar-refractivity contribution in [2.24, 2.45) is 5.92 Å². The van der Waals surface area contributed by atoms with Crippen LogP contribution in [0, 0.1) is 5.92 Å². The van der Waals surface area contributed by atoms with Crippen molar-refractivity contribution in [3.05, 3.63) is 0 Å². The second-order valence-electron chi connectivity index (χ2n) is 3.75. The number of nitrogens with one attached hydrogen (secondary N) is 1. The molecule has 64 valence electrons. The second-order valence-corrected chi connectivity index (χ2v) is 5.08. The van der Waals surface area contributed by atoms with Crippen molar-refractivity contribution in [2.75, 3.05) is 18.8 Å². The van der Waals surface area contributed by atoms with Crippen molar-refractivity contribution in [2.45, 2.75) is 30.9 Å². The van der Waals surface area contributed by atoms with E-state index in [1.807, 2.05) is 0 Å². The fourth-order valence-corrected chi connectivity index (χ4v) is 3.16. The third-order valence-corrected chi connectivity index (χ3v) is 4.39. The van der Waals surface area contributed by atoms with E-state index in [1.165, 1.54) is 44.5 Å². The molecule has 0 bridgehead atoms. The summed E-state index contributed by atoms with van der Waals surface area (Å²) in [5.74, 6) is 2.40. The monoisotopic (exact) mass is 171 g/mol. The highest BCUT2D eigenvalue weighted by Crippen LogP contribution is 2.32. The Bertz CT molecular complexity index is 117. The molecule has 1 aliphatic carbocycles. The summed E-state index contributed by atoms with van der Waals surface area (Å²) in [5.41, 5.74) is 0. The van der Waals surface area contributed by atoms with Gasteiger partial charge >= 0.3 is 0 Å². The molecule has 0 radical (unpaired) electrons. The Morgan fingerprint density at radius 3 is 2.73 bits per heavy atom. The van der Waals surface area contributed by atoms with E-state index in [2.05, 4.69) is 17.1 Å². The molecule has 2 heteroatoms. The summed E-state index contributed by atoms with van der Waals surface area (Å²) < 4.78 is 0. The van der Waals surface area contributed by atoms with E-state index in [9.17, 15) is 0 Å². The molecule has 1 unspecified atom stereocenters. The van der Waals surface area contributed by atoms with Crippen molar-refractivity contribution in [3.8, 4) is 0 Å². The lowest BCUT2D eigenvalue weighted by Gasteiger charge is -2.25. The molecule has 1 saturated carbocycles. The van der Waals surface area contributed by atoms with Crippen molar-refractivity contribution < 1.29 is 0 Å². The van der Waals surface area contributed by atoms with Crippen molar-refractivity contribution in [1.82, 2.24) is 5.32 Å². The van der Waals surface area contributed by atoms with Crippen LogP contribution in [0.3, 0.4) is 0 Å². The number of hydrogen-bond donors (Lipinski definition) is 1. The molecule has 1 nitrogen and oxygen atoms in total. The Labute approximate surface area is 73.3 Å². The summed E-state index contributed by atoms with van der Waals surface area (Å²) in [4.78, 5) is 0. The molecular weight excluding hydrogens is 154 g/mol. The zero-order valence-electron chi connectivity index (χ0n) is 7.01. The predicted octanol–water partition coefficient (Wildman–Crippen LogP) is 1.88. The van der Waals surface area contributed by atoms with E-state index in [4.69, 9.17) is 0 Å². The highest BCUT2D eigenvalue weighted by atomic mass is 32.2. The van der Waals surface area contributed by atoms with Crippen molar-refractivity contribution in [1.29, 1.82) is 0 Å². The number of thioether (sulfide) groups is 1. The van der Waals surface area contributed by atoms with Crippen molar-refractivity contribution in [3.63, 3.8) is 0 Å². The van der Waals surface area contributed by atoms with Gasteiger partial charge in [-0.25, -0.2) is 0 Å². The summed E-state index contributed by atoms with van der Waals surface area (Å²) in [6.07, 6.45) is 5.88. The van der Waals surface area contributed by atoms with Crippen LogP contribution >= 0.6 is 11.8 Å². The van der Waals surface area contributed by atoms with Crippen LogP contribution in [0.15, 0.2) is 0 Å². The molecule has 0 aromatic heterocycles. The van der Waals surface area contributed by atoms with E-state index in [1.54, 1.807) is 0 Å². The predicted molar refractivity (Wildman–Crippen MR) is 51.1 cm³/mol. The number of rotatable bonds is 3. The third kappa shape index (κ3) is 2.12. The smallest absolute Gasteiger partial charge is 0.00471 e. The van der Waals surface area contributed by atoms with Crippen molar-refractivity contribution >= 4 is 11.8 Å². The molecule has 1 aliphatic heterocycles. The lowest BCUT2D eigenvalue weighted by molar-refractivity contribution is 0.519. The minimum Gasteiger partial charge on any atom is -0.316 e. The molecule has 0 amide bonds. The molecule has 0 spiro atoms. The zero-order valence-corrected chi connectivity index (χ0v) is 7.83. The minimum absolute atomic E-state index is 0.987. The maximum Gasteiger partial charge on any atom is 0.00471 e. The largest absolute Gasteiger partial charge is 0.316 e. The Hall–Kier alpha value is 0.310. The lowest BCUT2D eigenvalue weighted by Crippen LogP contribution is -2.17. The molecular formula is C9H17NS. The molecule has 1 atom stereocenters. The van der Waals surface area contributed by atoms with Crippen LogP contribution < -0.4 is 5.32 Å². The molecule has 1 heterocycles. The van der Waals surface area contributed by atoms with Gasteiger partial charge in [-0.1, -0.05) is 6.42 Å². The normalized spacial score (nSPS) is 32.2. The molecule has 0 aromatic carbocycles. The molecule has 2 aliphatic rings. The van der Waals surface area contributed by atoms with Crippen LogP contribution in [0.2, 0.25) is 0 Å². The van der Waals surface area contributed by atoms with Crippen LogP contribution in [-0.2, 0) is 0 Å². The van der Waals surface area contributed by atoms with Gasteiger partial charge in [-0.2, -0.15) is 11.8 Å². The van der Waals surface area contributed by atoms with Crippen LogP contribution in [0.5, 0.6) is 0 Å². The van der Waals surface area contributed by atoms with Gasteiger partial charge in [0.2, 0.25) is 0 Å². The lowest BCUT2D eigenvalue weighted by atomic mass is 10.00. The van der Waals surface area contributed by atoms with Gasteiger partial charge in [0.05, 0.1) is 0 Å². The van der Waals surface area contributed by atoms with Gasteiger partial charge < -0.3 is 5.32 Å². The highest BCUT2D eigenvalue weighted by molar-refractivity contribution is 7.99. The molecule has 1 N–H and O–H groups in total. The van der Waals surface area contributed by atoms with Crippen LogP contribution in [0.1, 0.15) is 25.7 Å². The Balaban J connectivity index is 1.57. The van der Waals surface area contributed by atoms with E-state index >= 15 is 0 Å². The fourth-order valence-electron chi connectivity index (χ4n) is 1.67. The average Bonchev–Trinajstić information content (AvgIpc) is 2.36. The van der Waals surface area contributed by atoms with Crippen LogP contribution in [0.25, 0.3) is 0 Å². The molecule has 0 aromatic rings. The van der Waals surface area contributed by atoms with Gasteiger partial charge in [-0.05, 0) is 44.0 Å². The Morgan fingerprint density at radius 1 is 1.27 bits per heavy atom. The maximum atomic E-state index is 3.42. The first-order chi connectivity index (χ1) is 5.45. The summed E-state index contributed by atoms with van der Waals surface area (Å²) in [7, 11) is 0. The maximum absolute atomic E-state index is 3.42. The zero-order chi connectivity index (χ0) is 7.52. The first-order valence-corrected chi connectivity index (χ1v) is 5.82. The topological polar surface area (TPSA) is 12.0 Å². The molecule has 1 saturated heterocycles. The summed E-state index contributed by atoms with van der Waals surface area (Å²) in [6, 6.07) is 0. The summed E-state index contributed by atoms with van der Waals surface area (Å²) in [6.45, 7) is 2.54. The average molecular weight is 171 g/mol. The van der Waals surface area contributed by atoms with Gasteiger partial charge in [0.1, 0.15) is 0 Å². The molecule has 2 fully saturated rings. The van der Waals surface area contributed by atoms with E-state index < -0.39 is 0 Å². The first-order valence-electron chi connectivity index (χ1n) is 4.77. The molecule has 2 rings (SSSR count). The quantitative estimate of drug-likeness (QED) is 0.696. The first kappa shape index (κ1) is 7.93. The highest BCUT2D eigenvalue weighted by Gasteiger charge is 2.21. The number of hydrogen-bond acceptors (Lipinski definition) is 2. The van der Waals surface area contributed by atoms with Gasteiger partial charge in [0.15, 0.2) is 0 Å². The Morgan fingerprint density at radius 2 is 2.18 bits per heavy atom. The van der Waals surface area contributed by atoms with E-state index in [0.717, 1.165) is 11.2 Å². The Kier molecular flexibility index (Phi) is 2.75. The molecule has 11 heavy (non-hydrogen) atoms. The van der Waals surface area contributed by atoms with Gasteiger partial charge in [0, 0.05) is 5.25 Å². The van der Waals surface area contributed by atoms with E-state index in [0.29, 0.717) is 0 Å². The van der Waals surface area contributed by atoms with E-state index in [-0.39, 0.29) is 0 Å². The minimum atomic E-state index is 0.987. The van der Waals surface area contributed by atoms with Gasteiger partial charge in [0.25, 0.3) is 0 Å². The third-order valence-electron chi connectivity index (χ3n) is 2.78. The standard InChI is InChI=1S/C9H17NS/c1-2-9(3-1)11-7-8-4-5-10-6-8/h8-10H,1-7H2. The van der Waals surface area contributed by atoms with Gasteiger partial charge in [-0.3, -0.25) is 0 Å². The summed E-state index contributed by atoms with van der Waals surface area (Å²) in [5, 5.41) is 4.46. The SMILES string of the molecule is C1CC(SCC2CCNC2)C1.